The Bertz CT molecular complexity index is 388. The number of aldehydes is 1. The van der Waals surface area contributed by atoms with Gasteiger partial charge < -0.3 is 4.90 Å². The highest BCUT2D eigenvalue weighted by Gasteiger charge is 2.28. The van der Waals surface area contributed by atoms with Crippen LogP contribution in [0.2, 0.25) is 5.02 Å². The average molecular weight is 238 g/mol. The lowest BCUT2D eigenvalue weighted by Gasteiger charge is -2.24. The van der Waals surface area contributed by atoms with Crippen molar-refractivity contribution in [3.8, 4) is 0 Å². The lowest BCUT2D eigenvalue weighted by Crippen LogP contribution is -2.26. The normalized spacial score (nSPS) is 14.9. The molecule has 0 saturated heterocycles. The molecule has 1 saturated carbocycles. The molecule has 0 N–H and O–H groups in total. The van der Waals surface area contributed by atoms with Crippen molar-refractivity contribution in [2.75, 3.05) is 11.4 Å². The Morgan fingerprint density at radius 1 is 1.50 bits per heavy atom. The summed E-state index contributed by atoms with van der Waals surface area (Å²) in [5.41, 5.74) is 1.71. The summed E-state index contributed by atoms with van der Waals surface area (Å²) in [4.78, 5) is 13.1. The predicted octanol–water partition coefficient (Wildman–Crippen LogP) is 3.53. The fraction of sp³-hybridized carbons (Fsp3) is 0.462. The Labute approximate surface area is 101 Å². The first kappa shape index (κ1) is 11.5. The van der Waals surface area contributed by atoms with E-state index in [0.29, 0.717) is 16.6 Å². The van der Waals surface area contributed by atoms with Gasteiger partial charge in [-0.1, -0.05) is 18.5 Å². The van der Waals surface area contributed by atoms with Crippen molar-refractivity contribution in [3.05, 3.63) is 28.8 Å². The first-order valence-corrected chi connectivity index (χ1v) is 6.15. The molecule has 1 fully saturated rings. The highest BCUT2D eigenvalue weighted by atomic mass is 35.5. The fourth-order valence-electron chi connectivity index (χ4n) is 1.94. The summed E-state index contributed by atoms with van der Waals surface area (Å²) < 4.78 is 0. The molecule has 1 aromatic rings. The van der Waals surface area contributed by atoms with E-state index in [1.54, 1.807) is 6.07 Å². The van der Waals surface area contributed by atoms with E-state index in [-0.39, 0.29) is 0 Å². The molecule has 1 aliphatic rings. The van der Waals surface area contributed by atoms with Crippen molar-refractivity contribution >= 4 is 23.6 Å². The minimum atomic E-state index is 0.550. The van der Waals surface area contributed by atoms with Gasteiger partial charge in [-0.05, 0) is 37.5 Å². The summed E-state index contributed by atoms with van der Waals surface area (Å²) in [6.45, 7) is 3.23. The number of anilines is 1. The fourth-order valence-corrected chi connectivity index (χ4v) is 2.16. The molecule has 0 spiro atoms. The van der Waals surface area contributed by atoms with Gasteiger partial charge in [-0.15, -0.1) is 0 Å². The van der Waals surface area contributed by atoms with Crippen LogP contribution in [0.3, 0.4) is 0 Å². The largest absolute Gasteiger partial charge is 0.369 e. The first-order valence-electron chi connectivity index (χ1n) is 5.77. The van der Waals surface area contributed by atoms with Gasteiger partial charge in [0.1, 0.15) is 0 Å². The van der Waals surface area contributed by atoms with Gasteiger partial charge in [-0.3, -0.25) is 4.79 Å². The number of halogens is 1. The molecule has 0 unspecified atom stereocenters. The number of hydrogen-bond acceptors (Lipinski definition) is 2. The zero-order valence-corrected chi connectivity index (χ0v) is 10.2. The summed E-state index contributed by atoms with van der Waals surface area (Å²) in [7, 11) is 0. The zero-order valence-electron chi connectivity index (χ0n) is 9.45. The van der Waals surface area contributed by atoms with Crippen LogP contribution in [0, 0.1) is 0 Å². The summed E-state index contributed by atoms with van der Waals surface area (Å²) >= 11 is 6.04. The maximum Gasteiger partial charge on any atom is 0.151 e. The van der Waals surface area contributed by atoms with E-state index < -0.39 is 0 Å². The molecule has 0 radical (unpaired) electrons. The molecule has 1 aromatic carbocycles. The van der Waals surface area contributed by atoms with E-state index in [2.05, 4.69) is 11.8 Å². The van der Waals surface area contributed by atoms with E-state index in [0.717, 1.165) is 24.9 Å². The van der Waals surface area contributed by atoms with Crippen LogP contribution in [0.1, 0.15) is 36.5 Å². The van der Waals surface area contributed by atoms with E-state index in [9.17, 15) is 4.79 Å². The van der Waals surface area contributed by atoms with Crippen LogP contribution in [-0.2, 0) is 0 Å². The van der Waals surface area contributed by atoms with Gasteiger partial charge in [-0.25, -0.2) is 0 Å². The van der Waals surface area contributed by atoms with Gasteiger partial charge in [-0.2, -0.15) is 0 Å². The molecule has 86 valence electrons. The Morgan fingerprint density at radius 2 is 2.25 bits per heavy atom. The van der Waals surface area contributed by atoms with Gasteiger partial charge in [0.05, 0.1) is 5.02 Å². The molecule has 0 aromatic heterocycles. The third-order valence-corrected chi connectivity index (χ3v) is 3.22. The molecular weight excluding hydrogens is 222 g/mol. The zero-order chi connectivity index (χ0) is 11.5. The molecule has 1 aliphatic carbocycles. The Morgan fingerprint density at radius 3 is 2.75 bits per heavy atom. The van der Waals surface area contributed by atoms with Crippen molar-refractivity contribution < 1.29 is 4.79 Å². The second-order valence-electron chi connectivity index (χ2n) is 4.25. The lowest BCUT2D eigenvalue weighted by atomic mass is 10.2. The topological polar surface area (TPSA) is 20.3 Å². The maximum absolute atomic E-state index is 10.7. The van der Waals surface area contributed by atoms with Gasteiger partial charge in [0.2, 0.25) is 0 Å². The second-order valence-corrected chi connectivity index (χ2v) is 4.66. The molecule has 0 atom stereocenters. The SMILES string of the molecule is CCCN(c1ccc(C=O)c(Cl)c1)C1CC1. The van der Waals surface area contributed by atoms with E-state index in [1.165, 1.54) is 12.8 Å². The quantitative estimate of drug-likeness (QED) is 0.731. The molecule has 0 aliphatic heterocycles. The molecule has 2 nitrogen and oxygen atoms in total. The standard InChI is InChI=1S/C13H16ClNO/c1-2-7-15(11-5-6-11)12-4-3-10(9-16)13(14)8-12/h3-4,8-9,11H,2,5-7H2,1H3. The van der Waals surface area contributed by atoms with Crippen molar-refractivity contribution in [2.45, 2.75) is 32.2 Å². The van der Waals surface area contributed by atoms with Gasteiger partial charge >= 0.3 is 0 Å². The number of rotatable bonds is 5. The van der Waals surface area contributed by atoms with E-state index in [1.807, 2.05) is 12.1 Å². The van der Waals surface area contributed by atoms with E-state index >= 15 is 0 Å². The number of carbonyl (C=O) groups is 1. The Hall–Kier alpha value is -1.02. The minimum absolute atomic E-state index is 0.550. The van der Waals surface area contributed by atoms with Crippen molar-refractivity contribution in [3.63, 3.8) is 0 Å². The van der Waals surface area contributed by atoms with Crippen molar-refractivity contribution in [1.82, 2.24) is 0 Å². The highest BCUT2D eigenvalue weighted by Crippen LogP contribution is 2.33. The Balaban J connectivity index is 2.23. The van der Waals surface area contributed by atoms with Crippen LogP contribution in [0.5, 0.6) is 0 Å². The number of benzene rings is 1. The van der Waals surface area contributed by atoms with Crippen molar-refractivity contribution in [2.24, 2.45) is 0 Å². The Kier molecular flexibility index (Phi) is 3.49. The smallest absolute Gasteiger partial charge is 0.151 e. The molecule has 2 rings (SSSR count). The van der Waals surface area contributed by atoms with Crippen LogP contribution in [0.25, 0.3) is 0 Å². The van der Waals surface area contributed by atoms with Crippen LogP contribution < -0.4 is 4.90 Å². The third-order valence-electron chi connectivity index (χ3n) is 2.89. The number of carbonyl (C=O) groups excluding carboxylic acids is 1. The van der Waals surface area contributed by atoms with Crippen LogP contribution in [-0.4, -0.2) is 18.9 Å². The van der Waals surface area contributed by atoms with E-state index in [4.69, 9.17) is 11.6 Å². The maximum atomic E-state index is 10.7. The van der Waals surface area contributed by atoms with Crippen LogP contribution >= 0.6 is 11.6 Å². The summed E-state index contributed by atoms with van der Waals surface area (Å²) in [5, 5.41) is 0.550. The number of nitrogens with zero attached hydrogens (tertiary/aromatic N) is 1. The monoisotopic (exact) mass is 237 g/mol. The van der Waals surface area contributed by atoms with Gasteiger partial charge in [0, 0.05) is 23.8 Å². The first-order chi connectivity index (χ1) is 7.76. The lowest BCUT2D eigenvalue weighted by molar-refractivity contribution is 0.112. The van der Waals surface area contributed by atoms with Crippen LogP contribution in [0.4, 0.5) is 5.69 Å². The average Bonchev–Trinajstić information content (AvgIpc) is 3.09. The molecule has 0 amide bonds. The minimum Gasteiger partial charge on any atom is -0.369 e. The third kappa shape index (κ3) is 2.38. The highest BCUT2D eigenvalue weighted by molar-refractivity contribution is 6.33. The molecule has 16 heavy (non-hydrogen) atoms. The summed E-state index contributed by atoms with van der Waals surface area (Å²) in [5.74, 6) is 0. The molecule has 0 bridgehead atoms. The summed E-state index contributed by atoms with van der Waals surface area (Å²) in [6, 6.07) is 6.37. The van der Waals surface area contributed by atoms with Gasteiger partial charge in [0.15, 0.2) is 6.29 Å². The summed E-state index contributed by atoms with van der Waals surface area (Å²) in [6.07, 6.45) is 4.47. The van der Waals surface area contributed by atoms with Crippen molar-refractivity contribution in [1.29, 1.82) is 0 Å². The molecule has 0 heterocycles. The second kappa shape index (κ2) is 4.88. The predicted molar refractivity (Wildman–Crippen MR) is 67.5 cm³/mol. The molecular formula is C13H16ClNO. The number of hydrogen-bond donors (Lipinski definition) is 0. The van der Waals surface area contributed by atoms with Gasteiger partial charge in [0.25, 0.3) is 0 Å². The van der Waals surface area contributed by atoms with Crippen LogP contribution in [0.15, 0.2) is 18.2 Å². The molecule has 3 heteroatoms.